The molecule has 0 fully saturated rings. The molecule has 0 amide bonds. The zero-order chi connectivity index (χ0) is 13.7. The largest absolute Gasteiger partial charge is 0.386 e. The predicted molar refractivity (Wildman–Crippen MR) is 94.0 cm³/mol. The van der Waals surface area contributed by atoms with Crippen molar-refractivity contribution in [3.63, 3.8) is 0 Å². The molecule has 0 saturated heterocycles. The molecule has 0 aromatic heterocycles. The Hall–Kier alpha value is 1.76. The van der Waals surface area contributed by atoms with Gasteiger partial charge in [0, 0.05) is 29.4 Å². The van der Waals surface area contributed by atoms with Crippen LogP contribution < -0.4 is 0 Å². The van der Waals surface area contributed by atoms with Crippen molar-refractivity contribution in [1.29, 1.82) is 0 Å². The Morgan fingerprint density at radius 3 is 1.28 bits per heavy atom. The lowest BCUT2D eigenvalue weighted by atomic mass is 10.1. The van der Waals surface area contributed by atoms with E-state index in [0.29, 0.717) is 11.5 Å². The number of rotatable bonds is 6. The smallest absolute Gasteiger partial charge is 0.0889 e. The van der Waals surface area contributed by atoms with Gasteiger partial charge in [-0.2, -0.15) is 0 Å². The lowest BCUT2D eigenvalue weighted by molar-refractivity contribution is 0.375. The van der Waals surface area contributed by atoms with Gasteiger partial charge in [-0.3, -0.25) is 0 Å². The van der Waals surface area contributed by atoms with Gasteiger partial charge in [0.05, 0.1) is 11.9 Å². The summed E-state index contributed by atoms with van der Waals surface area (Å²) in [5, 5.41) is 17.9. The number of thioether (sulfide) groups is 2. The van der Waals surface area contributed by atoms with Gasteiger partial charge in [0.2, 0.25) is 0 Å². The first-order valence-electron chi connectivity index (χ1n) is 4.75. The van der Waals surface area contributed by atoms with Crippen molar-refractivity contribution in [3.05, 3.63) is 29.0 Å². The summed E-state index contributed by atoms with van der Waals surface area (Å²) in [6, 6.07) is 0. The van der Waals surface area contributed by atoms with Crippen molar-refractivity contribution in [2.24, 2.45) is 0 Å². The van der Waals surface area contributed by atoms with E-state index < -0.39 is 0 Å². The molecule has 1 rings (SSSR count). The third-order valence-electron chi connectivity index (χ3n) is 2.15. The molecule has 2 nitrogen and oxygen atoms in total. The molecule has 0 unspecified atom stereocenters. The first-order valence-corrected chi connectivity index (χ1v) is 10.2. The summed E-state index contributed by atoms with van der Waals surface area (Å²) in [6.45, 7) is 0. The van der Waals surface area contributed by atoms with Crippen LogP contribution in [0.4, 0.5) is 0 Å². The van der Waals surface area contributed by atoms with Gasteiger partial charge >= 0.3 is 0 Å². The molecule has 102 valence electrons. The average molecular weight is 546 g/mol. The fraction of sp³-hybridized carbons (Fsp3) is 0.400. The first kappa shape index (κ1) is 17.8. The summed E-state index contributed by atoms with van der Waals surface area (Å²) >= 11 is 17.1. The van der Waals surface area contributed by atoms with Crippen LogP contribution in [0.15, 0.2) is 17.9 Å². The van der Waals surface area contributed by atoms with Gasteiger partial charge in [-0.15, -0.1) is 23.5 Å². The van der Waals surface area contributed by atoms with Gasteiger partial charge in [-0.05, 0) is 74.8 Å². The van der Waals surface area contributed by atoms with E-state index in [1.807, 2.05) is 0 Å². The molecular weight excluding hydrogens is 536 g/mol. The van der Waals surface area contributed by atoms with E-state index >= 15 is 0 Å². The summed E-state index contributed by atoms with van der Waals surface area (Å²) in [7, 11) is 0. The summed E-state index contributed by atoms with van der Waals surface area (Å²) in [5.41, 5.74) is 2.24. The van der Waals surface area contributed by atoms with Crippen LogP contribution in [0.3, 0.4) is 0 Å². The van der Waals surface area contributed by atoms with E-state index in [0.717, 1.165) is 29.0 Å². The Bertz CT molecular complexity index is 390. The SMILES string of the molecule is OCSCc1c(Br)c(Br)c(Br)c(Br)c1CSCO. The molecule has 0 atom stereocenters. The topological polar surface area (TPSA) is 40.5 Å². The zero-order valence-electron chi connectivity index (χ0n) is 9.05. The van der Waals surface area contributed by atoms with E-state index in [1.54, 1.807) is 0 Å². The fourth-order valence-electron chi connectivity index (χ4n) is 1.32. The van der Waals surface area contributed by atoms with Crippen LogP contribution in [0.25, 0.3) is 0 Å². The van der Waals surface area contributed by atoms with Crippen LogP contribution in [-0.2, 0) is 11.5 Å². The highest BCUT2D eigenvalue weighted by atomic mass is 79.9. The second-order valence-corrected chi connectivity index (χ2v) is 8.25. The van der Waals surface area contributed by atoms with Crippen molar-refractivity contribution in [2.45, 2.75) is 11.5 Å². The Balaban J connectivity index is 3.24. The van der Waals surface area contributed by atoms with E-state index in [9.17, 15) is 0 Å². The normalized spacial score (nSPS) is 11.0. The number of aliphatic hydroxyl groups is 2. The number of benzene rings is 1. The Morgan fingerprint density at radius 2 is 1.00 bits per heavy atom. The van der Waals surface area contributed by atoms with Crippen molar-refractivity contribution < 1.29 is 10.2 Å². The quantitative estimate of drug-likeness (QED) is 0.296. The maximum atomic E-state index is 8.95. The predicted octanol–water partition coefficient (Wildman–Crippen LogP) is 5.10. The third kappa shape index (κ3) is 4.38. The number of halogens is 4. The minimum atomic E-state index is 0.0876. The average Bonchev–Trinajstić information content (AvgIpc) is 2.38. The van der Waals surface area contributed by atoms with Gasteiger partial charge in [-0.25, -0.2) is 0 Å². The van der Waals surface area contributed by atoms with Crippen molar-refractivity contribution in [1.82, 2.24) is 0 Å². The highest BCUT2D eigenvalue weighted by molar-refractivity contribution is 9.15. The molecule has 0 bridgehead atoms. The van der Waals surface area contributed by atoms with Gasteiger partial charge in [0.15, 0.2) is 0 Å². The van der Waals surface area contributed by atoms with Crippen LogP contribution in [0.2, 0.25) is 0 Å². The summed E-state index contributed by atoms with van der Waals surface area (Å²) < 4.78 is 3.85. The molecule has 1 aromatic carbocycles. The van der Waals surface area contributed by atoms with Crippen LogP contribution in [0, 0.1) is 0 Å². The Morgan fingerprint density at radius 1 is 0.667 bits per heavy atom. The minimum Gasteiger partial charge on any atom is -0.386 e. The van der Waals surface area contributed by atoms with E-state index in [2.05, 4.69) is 63.7 Å². The second kappa shape index (κ2) is 8.92. The van der Waals surface area contributed by atoms with E-state index in [1.165, 1.54) is 23.5 Å². The van der Waals surface area contributed by atoms with E-state index in [4.69, 9.17) is 10.2 Å². The monoisotopic (exact) mass is 542 g/mol. The zero-order valence-corrected chi connectivity index (χ0v) is 17.0. The summed E-state index contributed by atoms with van der Waals surface area (Å²) in [5.74, 6) is 1.60. The minimum absolute atomic E-state index is 0.0876. The molecular formula is C10H10Br4O2S2. The molecule has 1 aromatic rings. The van der Waals surface area contributed by atoms with Crippen molar-refractivity contribution in [3.8, 4) is 0 Å². The first-order chi connectivity index (χ1) is 8.54. The van der Waals surface area contributed by atoms with E-state index in [-0.39, 0.29) is 11.9 Å². The van der Waals surface area contributed by atoms with Gasteiger partial charge in [0.25, 0.3) is 0 Å². The molecule has 0 aliphatic heterocycles. The van der Waals surface area contributed by atoms with Crippen LogP contribution in [-0.4, -0.2) is 22.1 Å². The van der Waals surface area contributed by atoms with Gasteiger partial charge in [0.1, 0.15) is 0 Å². The van der Waals surface area contributed by atoms with Crippen LogP contribution >= 0.6 is 87.2 Å². The van der Waals surface area contributed by atoms with Crippen LogP contribution in [0.1, 0.15) is 11.1 Å². The molecule has 0 aliphatic rings. The Labute approximate surface area is 148 Å². The second-order valence-electron chi connectivity index (χ2n) is 3.17. The molecule has 8 heteroatoms. The summed E-state index contributed by atoms with van der Waals surface area (Å²) in [4.78, 5) is 0. The molecule has 2 N–H and O–H groups in total. The molecule has 0 saturated carbocycles. The maximum absolute atomic E-state index is 8.95. The van der Waals surface area contributed by atoms with Crippen molar-refractivity contribution in [2.75, 3.05) is 11.9 Å². The highest BCUT2D eigenvalue weighted by Gasteiger charge is 2.18. The highest BCUT2D eigenvalue weighted by Crippen LogP contribution is 2.44. The maximum Gasteiger partial charge on any atom is 0.0889 e. The third-order valence-corrected chi connectivity index (χ3v) is 8.43. The van der Waals surface area contributed by atoms with Gasteiger partial charge in [-0.1, -0.05) is 0 Å². The fourth-order valence-corrected chi connectivity index (χ4v) is 5.48. The molecule has 0 heterocycles. The lowest BCUT2D eigenvalue weighted by Crippen LogP contribution is -1.98. The lowest BCUT2D eigenvalue weighted by Gasteiger charge is -2.16. The van der Waals surface area contributed by atoms with Crippen molar-refractivity contribution >= 4 is 87.2 Å². The standard InChI is InChI=1S/C10H10Br4O2S2/c11-7-5(1-17-3-15)6(2-18-4-16)8(12)10(14)9(7)13/h15-16H,1-4H2. The number of hydrogen-bond acceptors (Lipinski definition) is 4. The Kier molecular flexibility index (Phi) is 8.82. The number of hydrogen-bond donors (Lipinski definition) is 2. The molecule has 18 heavy (non-hydrogen) atoms. The van der Waals surface area contributed by atoms with Gasteiger partial charge < -0.3 is 10.2 Å². The summed E-state index contributed by atoms with van der Waals surface area (Å²) in [6.07, 6.45) is 0. The molecule has 0 spiro atoms. The molecule has 0 aliphatic carbocycles. The number of aliphatic hydroxyl groups excluding tert-OH is 2. The van der Waals surface area contributed by atoms with Crippen LogP contribution in [0.5, 0.6) is 0 Å². The molecule has 0 radical (unpaired) electrons.